The molecule has 0 radical (unpaired) electrons. The number of aliphatic imine (C=N–C) groups is 1. The van der Waals surface area contributed by atoms with Gasteiger partial charge in [0.1, 0.15) is 17.0 Å². The Hall–Kier alpha value is -7.63. The van der Waals surface area contributed by atoms with Crippen LogP contribution in [0.5, 0.6) is 0 Å². The average Bonchev–Trinajstić information content (AvgIpc) is 3.94. The van der Waals surface area contributed by atoms with E-state index in [0.717, 1.165) is 61.5 Å². The molecule has 11 aromatic rings. The van der Waals surface area contributed by atoms with Crippen molar-refractivity contribution < 1.29 is 4.42 Å². The number of nitrogens with zero attached hydrogens (tertiary/aromatic N) is 3. The Morgan fingerprint density at radius 2 is 0.982 bits per heavy atom. The monoisotopic (exact) mass is 730 g/mol. The number of benzene rings is 8. The summed E-state index contributed by atoms with van der Waals surface area (Å²) in [4.78, 5) is 5.15. The summed E-state index contributed by atoms with van der Waals surface area (Å²) in [5.41, 5.74) is 12.7. The maximum atomic E-state index is 6.78. The summed E-state index contributed by atoms with van der Waals surface area (Å²) in [7, 11) is 0. The molecule has 5 nitrogen and oxygen atoms in total. The molecular formula is C52H34N4O. The Balaban J connectivity index is 1.04. The molecule has 0 spiro atoms. The van der Waals surface area contributed by atoms with Crippen LogP contribution in [0.2, 0.25) is 0 Å². The molecule has 8 aromatic carbocycles. The number of nitrogens with one attached hydrogen (secondary N) is 1. The minimum absolute atomic E-state index is 0.0268. The van der Waals surface area contributed by atoms with Gasteiger partial charge in [0.25, 0.3) is 0 Å². The molecule has 12 rings (SSSR count). The predicted octanol–water partition coefficient (Wildman–Crippen LogP) is 12.9. The lowest BCUT2D eigenvalue weighted by atomic mass is 10.00. The Labute approximate surface area is 328 Å². The molecule has 1 aliphatic rings. The van der Waals surface area contributed by atoms with Crippen molar-refractivity contribution in [1.82, 2.24) is 14.5 Å². The second kappa shape index (κ2) is 12.4. The molecule has 0 bridgehead atoms. The largest absolute Gasteiger partial charge is 0.456 e. The van der Waals surface area contributed by atoms with Gasteiger partial charge in [0.05, 0.1) is 39.5 Å². The van der Waals surface area contributed by atoms with Crippen molar-refractivity contribution in [1.29, 1.82) is 0 Å². The predicted molar refractivity (Wildman–Crippen MR) is 236 cm³/mol. The van der Waals surface area contributed by atoms with E-state index >= 15 is 0 Å². The number of furan rings is 1. The van der Waals surface area contributed by atoms with Crippen LogP contribution in [0.1, 0.15) is 22.7 Å². The zero-order valence-electron chi connectivity index (χ0n) is 30.8. The summed E-state index contributed by atoms with van der Waals surface area (Å²) in [5.74, 6) is 0.816. The molecule has 3 aromatic heterocycles. The fourth-order valence-corrected chi connectivity index (χ4v) is 8.96. The molecule has 57 heavy (non-hydrogen) atoms. The number of hydrogen-bond acceptors (Lipinski definition) is 3. The van der Waals surface area contributed by atoms with E-state index in [1.54, 1.807) is 0 Å². The maximum absolute atomic E-state index is 6.78. The lowest BCUT2D eigenvalue weighted by Crippen LogP contribution is -2.31. The Morgan fingerprint density at radius 3 is 1.67 bits per heavy atom. The highest BCUT2D eigenvalue weighted by molar-refractivity contribution is 6.24. The standard InChI is InChI=1S/C52H34N4O/c1-4-14-33(15-5-1)44-32-45(34-16-6-2-7-17-34)54-52(53-44)35-24-26-40-41-27-25-37(31-49(41)57-48(40)30-35)56-47-23-13-11-21-39(47)43-29-28-42-38-20-10-12-22-46(38)55(50(42)51(43)56)36-18-8-3-9-19-36/h1-32,44H,(H,53,54). The highest BCUT2D eigenvalue weighted by Crippen LogP contribution is 2.42. The number of rotatable bonds is 5. The van der Waals surface area contributed by atoms with Crippen LogP contribution in [-0.4, -0.2) is 15.0 Å². The summed E-state index contributed by atoms with van der Waals surface area (Å²) < 4.78 is 11.6. The van der Waals surface area contributed by atoms with E-state index in [1.165, 1.54) is 43.7 Å². The van der Waals surface area contributed by atoms with E-state index in [1.807, 2.05) is 6.07 Å². The molecule has 4 heterocycles. The molecule has 1 unspecified atom stereocenters. The van der Waals surface area contributed by atoms with Crippen molar-refractivity contribution in [2.45, 2.75) is 6.04 Å². The minimum atomic E-state index is -0.0268. The van der Waals surface area contributed by atoms with Crippen molar-refractivity contribution in [3.05, 3.63) is 211 Å². The van der Waals surface area contributed by atoms with Crippen molar-refractivity contribution in [2.24, 2.45) is 4.99 Å². The first-order valence-electron chi connectivity index (χ1n) is 19.4. The van der Waals surface area contributed by atoms with Crippen molar-refractivity contribution >= 4 is 77.1 Å². The van der Waals surface area contributed by atoms with Gasteiger partial charge in [-0.2, -0.15) is 0 Å². The van der Waals surface area contributed by atoms with Gasteiger partial charge in [-0.25, -0.2) is 4.99 Å². The van der Waals surface area contributed by atoms with Crippen LogP contribution in [-0.2, 0) is 0 Å². The summed E-state index contributed by atoms with van der Waals surface area (Å²) in [6.45, 7) is 0. The first-order chi connectivity index (χ1) is 28.3. The smallest absolute Gasteiger partial charge is 0.137 e. The first-order valence-corrected chi connectivity index (χ1v) is 19.4. The van der Waals surface area contributed by atoms with Gasteiger partial charge in [0.2, 0.25) is 0 Å². The number of fused-ring (bicyclic) bond motifs is 10. The molecule has 1 aliphatic heterocycles. The average molecular weight is 731 g/mol. The van der Waals surface area contributed by atoms with Gasteiger partial charge in [-0.3, -0.25) is 0 Å². The van der Waals surface area contributed by atoms with Gasteiger partial charge in [-0.15, -0.1) is 0 Å². The number of para-hydroxylation sites is 3. The number of amidine groups is 1. The fourth-order valence-electron chi connectivity index (χ4n) is 8.96. The molecule has 0 saturated heterocycles. The van der Waals surface area contributed by atoms with E-state index in [4.69, 9.17) is 9.41 Å². The first kappa shape index (κ1) is 31.7. The molecular weight excluding hydrogens is 697 g/mol. The molecule has 1 atom stereocenters. The molecule has 0 saturated carbocycles. The van der Waals surface area contributed by atoms with E-state index in [2.05, 4.69) is 203 Å². The van der Waals surface area contributed by atoms with E-state index in [0.29, 0.717) is 0 Å². The van der Waals surface area contributed by atoms with E-state index < -0.39 is 0 Å². The molecule has 5 heteroatoms. The third-order valence-corrected chi connectivity index (χ3v) is 11.5. The number of hydrogen-bond donors (Lipinski definition) is 1. The van der Waals surface area contributed by atoms with Crippen molar-refractivity contribution in [3.63, 3.8) is 0 Å². The van der Waals surface area contributed by atoms with Gasteiger partial charge in [-0.1, -0.05) is 133 Å². The van der Waals surface area contributed by atoms with Gasteiger partial charge in [-0.05, 0) is 65.7 Å². The molecule has 0 fully saturated rings. The van der Waals surface area contributed by atoms with Crippen molar-refractivity contribution in [3.8, 4) is 11.4 Å². The molecule has 0 amide bonds. The van der Waals surface area contributed by atoms with Crippen LogP contribution in [0.15, 0.2) is 204 Å². The second-order valence-electron chi connectivity index (χ2n) is 14.8. The third-order valence-electron chi connectivity index (χ3n) is 11.5. The topological polar surface area (TPSA) is 47.4 Å². The molecule has 268 valence electrons. The van der Waals surface area contributed by atoms with Gasteiger partial charge >= 0.3 is 0 Å². The third kappa shape index (κ3) is 4.92. The summed E-state index contributed by atoms with van der Waals surface area (Å²) in [5, 5.41) is 10.8. The van der Waals surface area contributed by atoms with Crippen molar-refractivity contribution in [2.75, 3.05) is 0 Å². The van der Waals surface area contributed by atoms with Crippen LogP contribution in [0.25, 0.3) is 82.6 Å². The van der Waals surface area contributed by atoms with Crippen LogP contribution in [0.4, 0.5) is 0 Å². The minimum Gasteiger partial charge on any atom is -0.456 e. The maximum Gasteiger partial charge on any atom is 0.137 e. The Morgan fingerprint density at radius 1 is 0.439 bits per heavy atom. The Bertz CT molecular complexity index is 3420. The van der Waals surface area contributed by atoms with Crippen LogP contribution < -0.4 is 5.32 Å². The van der Waals surface area contributed by atoms with Crippen LogP contribution in [0, 0.1) is 0 Å². The number of aromatic nitrogens is 2. The van der Waals surface area contributed by atoms with E-state index in [-0.39, 0.29) is 6.04 Å². The zero-order valence-corrected chi connectivity index (χ0v) is 30.8. The highest BCUT2D eigenvalue weighted by atomic mass is 16.3. The fraction of sp³-hybridized carbons (Fsp3) is 0.0192. The van der Waals surface area contributed by atoms with Gasteiger partial charge in [0, 0.05) is 49.6 Å². The summed E-state index contributed by atoms with van der Waals surface area (Å²) >= 11 is 0. The lowest BCUT2D eigenvalue weighted by Gasteiger charge is -2.24. The van der Waals surface area contributed by atoms with Crippen LogP contribution in [0.3, 0.4) is 0 Å². The van der Waals surface area contributed by atoms with Crippen LogP contribution >= 0.6 is 0 Å². The van der Waals surface area contributed by atoms with Gasteiger partial charge < -0.3 is 18.9 Å². The molecule has 0 aliphatic carbocycles. The quantitative estimate of drug-likeness (QED) is 0.192. The SMILES string of the molecule is C1=C(c2ccccc2)N=C(c2ccc3c(c2)oc2cc(-n4c5ccccc5c5ccc6c7ccccc7n(-c7ccccc7)c6c54)ccc23)NC1c1ccccc1. The summed E-state index contributed by atoms with van der Waals surface area (Å²) in [6, 6.07) is 66.7. The zero-order chi connectivity index (χ0) is 37.5. The lowest BCUT2D eigenvalue weighted by molar-refractivity contribution is 0.668. The normalized spacial score (nSPS) is 14.5. The second-order valence-corrected chi connectivity index (χ2v) is 14.8. The molecule has 1 N–H and O–H groups in total. The van der Waals surface area contributed by atoms with Gasteiger partial charge in [0.15, 0.2) is 0 Å². The van der Waals surface area contributed by atoms with E-state index in [9.17, 15) is 0 Å². The highest BCUT2D eigenvalue weighted by Gasteiger charge is 2.23. The Kier molecular flexibility index (Phi) is 6.92. The summed E-state index contributed by atoms with van der Waals surface area (Å²) in [6.07, 6.45) is 2.21.